The standard InChI is InChI=1S/C15H24N2O2S2/c1-16-8-7-13-3-5-14(6-4-13)11-17-9-10-20-12-15(17)21(2,18)19/h3-6,15-16H,7-12H2,1-2H3. The summed E-state index contributed by atoms with van der Waals surface area (Å²) in [7, 11) is -1.07. The van der Waals surface area contributed by atoms with Gasteiger partial charge in [-0.2, -0.15) is 11.8 Å². The number of benzene rings is 1. The number of hydrogen-bond acceptors (Lipinski definition) is 5. The maximum absolute atomic E-state index is 11.9. The molecule has 2 rings (SSSR count). The quantitative estimate of drug-likeness (QED) is 0.855. The lowest BCUT2D eigenvalue weighted by atomic mass is 10.1. The normalized spacial score (nSPS) is 20.6. The van der Waals surface area contributed by atoms with Crippen molar-refractivity contribution in [3.8, 4) is 0 Å². The molecule has 0 aliphatic carbocycles. The van der Waals surface area contributed by atoms with Gasteiger partial charge < -0.3 is 5.32 Å². The number of thioether (sulfide) groups is 1. The second kappa shape index (κ2) is 7.63. The highest BCUT2D eigenvalue weighted by atomic mass is 32.2. The fourth-order valence-electron chi connectivity index (χ4n) is 2.51. The summed E-state index contributed by atoms with van der Waals surface area (Å²) in [6.07, 6.45) is 2.36. The van der Waals surface area contributed by atoms with E-state index in [1.54, 1.807) is 11.8 Å². The van der Waals surface area contributed by atoms with E-state index in [0.717, 1.165) is 25.3 Å². The van der Waals surface area contributed by atoms with Crippen LogP contribution in [-0.2, 0) is 22.8 Å². The first kappa shape index (κ1) is 16.8. The maximum Gasteiger partial charge on any atom is 0.164 e. The molecule has 1 fully saturated rings. The molecular weight excluding hydrogens is 304 g/mol. The highest BCUT2D eigenvalue weighted by Crippen LogP contribution is 2.22. The Morgan fingerprint density at radius 3 is 2.57 bits per heavy atom. The van der Waals surface area contributed by atoms with Crippen LogP contribution in [0.4, 0.5) is 0 Å². The van der Waals surface area contributed by atoms with E-state index in [1.165, 1.54) is 17.4 Å². The predicted molar refractivity (Wildman–Crippen MR) is 90.4 cm³/mol. The van der Waals surface area contributed by atoms with Crippen LogP contribution in [0.15, 0.2) is 24.3 Å². The molecule has 1 aliphatic heterocycles. The molecule has 21 heavy (non-hydrogen) atoms. The van der Waals surface area contributed by atoms with E-state index in [-0.39, 0.29) is 5.37 Å². The Bertz CT molecular complexity index is 543. The van der Waals surface area contributed by atoms with E-state index in [4.69, 9.17) is 0 Å². The number of nitrogens with one attached hydrogen (secondary N) is 1. The van der Waals surface area contributed by atoms with Crippen molar-refractivity contribution in [3.05, 3.63) is 35.4 Å². The molecule has 6 heteroatoms. The van der Waals surface area contributed by atoms with Crippen LogP contribution in [0.1, 0.15) is 11.1 Å². The van der Waals surface area contributed by atoms with Crippen molar-refractivity contribution in [2.75, 3.05) is 37.9 Å². The van der Waals surface area contributed by atoms with Gasteiger partial charge in [0.05, 0.1) is 0 Å². The predicted octanol–water partition coefficient (Wildman–Crippen LogP) is 1.37. The molecule has 1 unspecified atom stereocenters. The Hall–Kier alpha value is -0.560. The lowest BCUT2D eigenvalue weighted by Gasteiger charge is -2.34. The third kappa shape index (κ3) is 4.98. The van der Waals surface area contributed by atoms with Crippen LogP contribution in [0.25, 0.3) is 0 Å². The summed E-state index contributed by atoms with van der Waals surface area (Å²) in [4.78, 5) is 2.09. The molecule has 1 heterocycles. The van der Waals surface area contributed by atoms with Gasteiger partial charge in [0.2, 0.25) is 0 Å². The van der Waals surface area contributed by atoms with Crippen molar-refractivity contribution < 1.29 is 8.42 Å². The van der Waals surface area contributed by atoms with E-state index >= 15 is 0 Å². The molecular formula is C15H24N2O2S2. The Morgan fingerprint density at radius 1 is 1.29 bits per heavy atom. The third-order valence-corrected chi connectivity index (χ3v) is 6.44. The molecule has 4 nitrogen and oxygen atoms in total. The van der Waals surface area contributed by atoms with Gasteiger partial charge in [-0.25, -0.2) is 8.42 Å². The number of nitrogens with zero attached hydrogens (tertiary/aromatic N) is 1. The van der Waals surface area contributed by atoms with Crippen LogP contribution in [0.2, 0.25) is 0 Å². The summed E-state index contributed by atoms with van der Waals surface area (Å²) in [6.45, 7) is 2.52. The van der Waals surface area contributed by atoms with Crippen LogP contribution >= 0.6 is 11.8 Å². The molecule has 1 N–H and O–H groups in total. The lowest BCUT2D eigenvalue weighted by molar-refractivity contribution is 0.262. The summed E-state index contributed by atoms with van der Waals surface area (Å²) in [5, 5.41) is 2.79. The van der Waals surface area contributed by atoms with Gasteiger partial charge in [0, 0.05) is 30.9 Å². The lowest BCUT2D eigenvalue weighted by Crippen LogP contribution is -2.46. The third-order valence-electron chi connectivity index (χ3n) is 3.76. The number of hydrogen-bond donors (Lipinski definition) is 1. The minimum atomic E-state index is -3.02. The topological polar surface area (TPSA) is 49.4 Å². The van der Waals surface area contributed by atoms with Gasteiger partial charge in [0.15, 0.2) is 9.84 Å². The zero-order valence-electron chi connectivity index (χ0n) is 12.7. The van der Waals surface area contributed by atoms with Gasteiger partial charge in [-0.1, -0.05) is 24.3 Å². The highest BCUT2D eigenvalue weighted by molar-refractivity contribution is 8.00. The van der Waals surface area contributed by atoms with Gasteiger partial charge >= 0.3 is 0 Å². The van der Waals surface area contributed by atoms with E-state index in [9.17, 15) is 8.42 Å². The fourth-order valence-corrected chi connectivity index (χ4v) is 5.45. The molecule has 1 saturated heterocycles. The Balaban J connectivity index is 2.02. The van der Waals surface area contributed by atoms with Crippen LogP contribution in [0.5, 0.6) is 0 Å². The van der Waals surface area contributed by atoms with E-state index < -0.39 is 9.84 Å². The first-order valence-electron chi connectivity index (χ1n) is 7.24. The summed E-state index contributed by atoms with van der Waals surface area (Å²) < 4.78 is 23.8. The molecule has 1 aromatic rings. The Kier molecular flexibility index (Phi) is 6.10. The van der Waals surface area contributed by atoms with Crippen LogP contribution in [0.3, 0.4) is 0 Å². The fraction of sp³-hybridized carbons (Fsp3) is 0.600. The van der Waals surface area contributed by atoms with Gasteiger partial charge in [0.25, 0.3) is 0 Å². The van der Waals surface area contributed by atoms with Crippen LogP contribution < -0.4 is 5.32 Å². The molecule has 0 saturated carbocycles. The highest BCUT2D eigenvalue weighted by Gasteiger charge is 2.30. The van der Waals surface area contributed by atoms with Crippen molar-refractivity contribution in [2.24, 2.45) is 0 Å². The zero-order valence-corrected chi connectivity index (χ0v) is 14.3. The van der Waals surface area contributed by atoms with Crippen molar-refractivity contribution in [1.82, 2.24) is 10.2 Å². The Morgan fingerprint density at radius 2 is 1.95 bits per heavy atom. The molecule has 0 amide bonds. The molecule has 0 aromatic heterocycles. The van der Waals surface area contributed by atoms with E-state index in [2.05, 4.69) is 34.5 Å². The van der Waals surface area contributed by atoms with Crippen molar-refractivity contribution in [3.63, 3.8) is 0 Å². The average Bonchev–Trinajstić information content (AvgIpc) is 2.46. The molecule has 0 bridgehead atoms. The first-order chi connectivity index (χ1) is 10.0. The van der Waals surface area contributed by atoms with Crippen LogP contribution in [-0.4, -0.2) is 56.6 Å². The average molecular weight is 329 g/mol. The zero-order chi connectivity index (χ0) is 15.3. The number of likely N-dealkylation sites (N-methyl/N-ethyl adjacent to an activating group) is 1. The molecule has 0 radical (unpaired) electrons. The second-order valence-corrected chi connectivity index (χ2v) is 8.85. The summed E-state index contributed by atoms with van der Waals surface area (Å²) in [5.74, 6) is 1.69. The molecule has 1 aliphatic rings. The second-order valence-electron chi connectivity index (χ2n) is 5.50. The first-order valence-corrected chi connectivity index (χ1v) is 10.3. The summed E-state index contributed by atoms with van der Waals surface area (Å²) >= 11 is 1.73. The molecule has 0 spiro atoms. The minimum absolute atomic E-state index is 0.347. The van der Waals surface area contributed by atoms with Gasteiger partial charge in [-0.05, 0) is 31.1 Å². The molecule has 118 valence electrons. The summed E-state index contributed by atoms with van der Waals surface area (Å²) in [5.41, 5.74) is 2.49. The van der Waals surface area contributed by atoms with Crippen molar-refractivity contribution >= 4 is 21.6 Å². The van der Waals surface area contributed by atoms with E-state index in [0.29, 0.717) is 12.3 Å². The van der Waals surface area contributed by atoms with Gasteiger partial charge in [0.1, 0.15) is 5.37 Å². The van der Waals surface area contributed by atoms with Crippen molar-refractivity contribution in [1.29, 1.82) is 0 Å². The van der Waals surface area contributed by atoms with E-state index in [1.807, 2.05) is 7.05 Å². The number of rotatable bonds is 6. The maximum atomic E-state index is 11.9. The van der Waals surface area contributed by atoms with Gasteiger partial charge in [-0.15, -0.1) is 0 Å². The Labute approximate surface area is 132 Å². The number of sulfone groups is 1. The van der Waals surface area contributed by atoms with Gasteiger partial charge in [-0.3, -0.25) is 4.90 Å². The molecule has 1 aromatic carbocycles. The largest absolute Gasteiger partial charge is 0.319 e. The monoisotopic (exact) mass is 328 g/mol. The minimum Gasteiger partial charge on any atom is -0.319 e. The SMILES string of the molecule is CNCCc1ccc(CN2CCSCC2S(C)(=O)=O)cc1. The summed E-state index contributed by atoms with van der Waals surface area (Å²) in [6, 6.07) is 8.51. The molecule has 1 atom stereocenters. The smallest absolute Gasteiger partial charge is 0.164 e. The van der Waals surface area contributed by atoms with Crippen LogP contribution in [0, 0.1) is 0 Å². The van der Waals surface area contributed by atoms with Crippen molar-refractivity contribution in [2.45, 2.75) is 18.3 Å².